The Bertz CT molecular complexity index is 128. The monoisotopic (exact) mass is 170 g/mol. The lowest BCUT2D eigenvalue weighted by Crippen LogP contribution is -2.05. The number of rotatable bonds is 0. The SMILES string of the molecule is CC(C)(C)C(F)=C(Cl)Cl. The second kappa shape index (κ2) is 2.89. The van der Waals surface area contributed by atoms with Crippen LogP contribution < -0.4 is 0 Å². The molecule has 0 N–H and O–H groups in total. The molecule has 0 saturated heterocycles. The molecule has 0 unspecified atom stereocenters. The molecule has 0 aromatic heterocycles. The van der Waals surface area contributed by atoms with Gasteiger partial charge in [-0.15, -0.1) is 0 Å². The molecule has 0 heterocycles. The predicted molar refractivity (Wildman–Crippen MR) is 39.3 cm³/mol. The standard InChI is InChI=1S/C6H9Cl2F/c1-6(2,3)4(9)5(7)8/h1-3H3. The Hall–Kier alpha value is 0.250. The van der Waals surface area contributed by atoms with Crippen LogP contribution >= 0.6 is 23.2 Å². The van der Waals surface area contributed by atoms with Crippen LogP contribution in [-0.4, -0.2) is 0 Å². The molecule has 0 atom stereocenters. The van der Waals surface area contributed by atoms with Crippen LogP contribution in [0.1, 0.15) is 20.8 Å². The van der Waals surface area contributed by atoms with Gasteiger partial charge in [-0.3, -0.25) is 0 Å². The smallest absolute Gasteiger partial charge is 0.138 e. The third-order valence-electron chi connectivity index (χ3n) is 0.824. The first-order valence-electron chi connectivity index (χ1n) is 2.57. The molecule has 0 bridgehead atoms. The van der Waals surface area contributed by atoms with Crippen molar-refractivity contribution in [3.8, 4) is 0 Å². The Morgan fingerprint density at radius 1 is 1.22 bits per heavy atom. The Kier molecular flexibility index (Phi) is 2.97. The highest BCUT2D eigenvalue weighted by Crippen LogP contribution is 2.31. The quantitative estimate of drug-likeness (QED) is 0.521. The maximum Gasteiger partial charge on any atom is 0.138 e. The first kappa shape index (κ1) is 9.25. The van der Waals surface area contributed by atoms with Gasteiger partial charge in [0.25, 0.3) is 0 Å². The minimum Gasteiger partial charge on any atom is -0.209 e. The van der Waals surface area contributed by atoms with E-state index in [1.807, 2.05) is 0 Å². The fourth-order valence-electron chi connectivity index (χ4n) is 0.283. The zero-order valence-corrected chi connectivity index (χ0v) is 7.15. The molecule has 0 aromatic carbocycles. The Labute approximate surface area is 64.6 Å². The zero-order chi connectivity index (χ0) is 7.65. The Morgan fingerprint density at radius 3 is 1.56 bits per heavy atom. The van der Waals surface area contributed by atoms with Crippen LogP contribution in [0.25, 0.3) is 0 Å². The lowest BCUT2D eigenvalue weighted by molar-refractivity contribution is 0.383. The van der Waals surface area contributed by atoms with Crippen molar-refractivity contribution in [2.24, 2.45) is 5.41 Å². The minimum atomic E-state index is -0.571. The van der Waals surface area contributed by atoms with Crippen molar-refractivity contribution in [3.63, 3.8) is 0 Å². The van der Waals surface area contributed by atoms with E-state index in [0.29, 0.717) is 0 Å². The second-order valence-corrected chi connectivity index (χ2v) is 3.77. The molecule has 0 aliphatic carbocycles. The average Bonchev–Trinajstić information content (AvgIpc) is 1.62. The van der Waals surface area contributed by atoms with Gasteiger partial charge in [0.15, 0.2) is 0 Å². The van der Waals surface area contributed by atoms with Crippen molar-refractivity contribution in [1.82, 2.24) is 0 Å². The van der Waals surface area contributed by atoms with E-state index in [1.165, 1.54) is 0 Å². The highest BCUT2D eigenvalue weighted by Gasteiger charge is 2.19. The third-order valence-corrected chi connectivity index (χ3v) is 1.16. The summed E-state index contributed by atoms with van der Waals surface area (Å²) in [6.45, 7) is 5.10. The summed E-state index contributed by atoms with van der Waals surface area (Å²) in [5, 5.41) is 0. The molecule has 0 rings (SSSR count). The van der Waals surface area contributed by atoms with Crippen molar-refractivity contribution in [1.29, 1.82) is 0 Å². The summed E-state index contributed by atoms with van der Waals surface area (Å²) in [6.07, 6.45) is 0. The van der Waals surface area contributed by atoms with Gasteiger partial charge in [0, 0.05) is 5.41 Å². The fourth-order valence-corrected chi connectivity index (χ4v) is 0.850. The van der Waals surface area contributed by atoms with Crippen LogP contribution in [0.2, 0.25) is 0 Å². The van der Waals surface area contributed by atoms with E-state index in [0.717, 1.165) is 0 Å². The highest BCUT2D eigenvalue weighted by atomic mass is 35.5. The van der Waals surface area contributed by atoms with Crippen molar-refractivity contribution in [2.75, 3.05) is 0 Å². The van der Waals surface area contributed by atoms with E-state index >= 15 is 0 Å². The first-order valence-corrected chi connectivity index (χ1v) is 3.32. The van der Waals surface area contributed by atoms with Gasteiger partial charge in [-0.05, 0) is 0 Å². The van der Waals surface area contributed by atoms with E-state index in [4.69, 9.17) is 23.2 Å². The predicted octanol–water partition coefficient (Wildman–Crippen LogP) is 3.65. The van der Waals surface area contributed by atoms with Crippen LogP contribution in [0.5, 0.6) is 0 Å². The minimum absolute atomic E-state index is 0.275. The molecular formula is C6H9Cl2F. The van der Waals surface area contributed by atoms with Gasteiger partial charge in [-0.2, -0.15) is 0 Å². The maximum atomic E-state index is 12.6. The zero-order valence-electron chi connectivity index (χ0n) is 5.63. The van der Waals surface area contributed by atoms with E-state index in [1.54, 1.807) is 20.8 Å². The average molecular weight is 171 g/mol. The molecular weight excluding hydrogens is 162 g/mol. The van der Waals surface area contributed by atoms with E-state index in [-0.39, 0.29) is 4.49 Å². The van der Waals surface area contributed by atoms with Crippen LogP contribution in [0.4, 0.5) is 4.39 Å². The summed E-state index contributed by atoms with van der Waals surface area (Å²) in [5.74, 6) is -0.467. The number of hydrogen-bond acceptors (Lipinski definition) is 0. The van der Waals surface area contributed by atoms with Gasteiger partial charge < -0.3 is 0 Å². The molecule has 0 saturated carbocycles. The summed E-state index contributed by atoms with van der Waals surface area (Å²) in [4.78, 5) is 0. The van der Waals surface area contributed by atoms with Gasteiger partial charge in [-0.1, -0.05) is 44.0 Å². The molecule has 0 radical (unpaired) electrons. The van der Waals surface area contributed by atoms with Gasteiger partial charge in [0.05, 0.1) is 0 Å². The van der Waals surface area contributed by atoms with Crippen LogP contribution in [0.15, 0.2) is 10.3 Å². The Balaban J connectivity index is 4.40. The molecule has 0 aromatic rings. The van der Waals surface area contributed by atoms with Gasteiger partial charge in [0.2, 0.25) is 0 Å². The van der Waals surface area contributed by atoms with Crippen molar-refractivity contribution in [2.45, 2.75) is 20.8 Å². The summed E-state index contributed by atoms with van der Waals surface area (Å²) in [7, 11) is 0. The summed E-state index contributed by atoms with van der Waals surface area (Å²) >= 11 is 10.4. The molecule has 9 heavy (non-hydrogen) atoms. The first-order chi connectivity index (χ1) is 3.85. The molecule has 0 nitrogen and oxygen atoms in total. The van der Waals surface area contributed by atoms with Crippen molar-refractivity contribution in [3.05, 3.63) is 10.3 Å². The van der Waals surface area contributed by atoms with E-state index in [2.05, 4.69) is 0 Å². The molecule has 0 aliphatic rings. The number of halogens is 3. The highest BCUT2D eigenvalue weighted by molar-refractivity contribution is 6.56. The van der Waals surface area contributed by atoms with Gasteiger partial charge in [-0.25, -0.2) is 4.39 Å². The number of hydrogen-bond donors (Lipinski definition) is 0. The molecule has 3 heteroatoms. The number of allylic oxidation sites excluding steroid dienone is 1. The topological polar surface area (TPSA) is 0 Å². The lowest BCUT2D eigenvalue weighted by atomic mass is 9.96. The summed E-state index contributed by atoms with van der Waals surface area (Å²) in [5.41, 5.74) is -0.571. The fraction of sp³-hybridized carbons (Fsp3) is 0.667. The molecule has 0 amide bonds. The van der Waals surface area contributed by atoms with Crippen LogP contribution in [0.3, 0.4) is 0 Å². The summed E-state index contributed by atoms with van der Waals surface area (Å²) < 4.78 is 12.4. The summed E-state index contributed by atoms with van der Waals surface area (Å²) in [6, 6.07) is 0. The van der Waals surface area contributed by atoms with Crippen molar-refractivity contribution < 1.29 is 4.39 Å². The lowest BCUT2D eigenvalue weighted by Gasteiger charge is -2.14. The largest absolute Gasteiger partial charge is 0.209 e. The molecule has 54 valence electrons. The van der Waals surface area contributed by atoms with Crippen LogP contribution in [0, 0.1) is 5.41 Å². The molecule has 0 spiro atoms. The van der Waals surface area contributed by atoms with Crippen molar-refractivity contribution >= 4 is 23.2 Å². The van der Waals surface area contributed by atoms with E-state index in [9.17, 15) is 4.39 Å². The normalized spacial score (nSPS) is 11.3. The maximum absolute atomic E-state index is 12.6. The van der Waals surface area contributed by atoms with E-state index < -0.39 is 11.2 Å². The second-order valence-electron chi connectivity index (χ2n) is 2.82. The third kappa shape index (κ3) is 3.07. The van der Waals surface area contributed by atoms with Gasteiger partial charge in [0.1, 0.15) is 10.3 Å². The molecule has 0 aliphatic heterocycles. The molecule has 0 fully saturated rings. The van der Waals surface area contributed by atoms with Gasteiger partial charge >= 0.3 is 0 Å². The Morgan fingerprint density at radius 2 is 1.56 bits per heavy atom. The van der Waals surface area contributed by atoms with Crippen LogP contribution in [-0.2, 0) is 0 Å².